The quantitative estimate of drug-likeness (QED) is 0.101. The predicted octanol–water partition coefficient (Wildman–Crippen LogP) is 7.09. The molecule has 1 aliphatic heterocycles. The average molecular weight is 645 g/mol. The average Bonchev–Trinajstić information content (AvgIpc) is 3.39. The molecule has 1 N–H and O–H groups in total. The summed E-state index contributed by atoms with van der Waals surface area (Å²) < 4.78 is 49.3. The number of cyclic esters (lactones) is 1. The molecule has 2 atom stereocenters. The maximum atomic E-state index is 14.1. The maximum absolute atomic E-state index is 14.1. The molecule has 1 aliphatic rings. The fraction of sp³-hybridized carbons (Fsp3) is 0.250. The number of aliphatic hydroxyl groups excluding tert-OH is 1. The first kappa shape index (κ1) is 33.1. The Morgan fingerprint density at radius 1 is 0.696 bits per heavy atom. The lowest BCUT2D eigenvalue weighted by atomic mass is 10.1. The van der Waals surface area contributed by atoms with E-state index in [0.717, 1.165) is 33.4 Å². The van der Waals surface area contributed by atoms with Crippen molar-refractivity contribution in [2.24, 2.45) is 0 Å². The fourth-order valence-corrected chi connectivity index (χ4v) is 6.12. The van der Waals surface area contributed by atoms with Gasteiger partial charge in [0.2, 0.25) is 5.76 Å². The van der Waals surface area contributed by atoms with Gasteiger partial charge in [0.1, 0.15) is 19.3 Å². The van der Waals surface area contributed by atoms with Crippen molar-refractivity contribution in [3.05, 3.63) is 154 Å². The van der Waals surface area contributed by atoms with Crippen LogP contribution in [0.4, 0.5) is 0 Å². The minimum atomic E-state index is -4.36. The van der Waals surface area contributed by atoms with Crippen molar-refractivity contribution in [2.75, 3.05) is 6.61 Å². The van der Waals surface area contributed by atoms with Gasteiger partial charge in [-0.3, -0.25) is 13.6 Å². The van der Waals surface area contributed by atoms with Gasteiger partial charge in [0, 0.05) is 0 Å². The van der Waals surface area contributed by atoms with E-state index in [2.05, 4.69) is 0 Å². The number of hydrogen-bond donors (Lipinski definition) is 1. The van der Waals surface area contributed by atoms with Crippen LogP contribution in [0.5, 0.6) is 0 Å². The van der Waals surface area contributed by atoms with Crippen LogP contribution in [0.15, 0.2) is 121 Å². The Morgan fingerprint density at radius 3 is 1.70 bits per heavy atom. The molecule has 0 radical (unpaired) electrons. The van der Waals surface area contributed by atoms with Gasteiger partial charge >= 0.3 is 13.8 Å². The normalized spacial score (nSPS) is 15.5. The lowest BCUT2D eigenvalue weighted by Crippen LogP contribution is -2.35. The second kappa shape index (κ2) is 15.9. The summed E-state index contributed by atoms with van der Waals surface area (Å²) in [5.74, 6) is -0.952. The second-order valence-corrected chi connectivity index (χ2v) is 12.5. The number of carbonyl (C=O) groups is 1. The number of carbonyl (C=O) groups excluding carboxylic acids is 1. The summed E-state index contributed by atoms with van der Waals surface area (Å²) in [5.41, 5.74) is 5.21. The van der Waals surface area contributed by atoms with Crippen LogP contribution in [0.3, 0.4) is 0 Å². The Balaban J connectivity index is 1.41. The van der Waals surface area contributed by atoms with Crippen LogP contribution in [-0.4, -0.2) is 29.9 Å². The van der Waals surface area contributed by atoms with E-state index in [1.807, 2.05) is 123 Å². The molecule has 4 aromatic carbocycles. The maximum Gasteiger partial charge on any atom is 0.475 e. The van der Waals surface area contributed by atoms with Crippen molar-refractivity contribution in [1.82, 2.24) is 0 Å². The Kier molecular flexibility index (Phi) is 11.4. The van der Waals surface area contributed by atoms with Crippen LogP contribution in [0, 0.1) is 13.8 Å². The largest absolute Gasteiger partial charge is 0.485 e. The highest BCUT2D eigenvalue weighted by molar-refractivity contribution is 7.48. The van der Waals surface area contributed by atoms with E-state index >= 15 is 0 Å². The van der Waals surface area contributed by atoms with E-state index in [1.165, 1.54) is 0 Å². The van der Waals surface area contributed by atoms with E-state index < -0.39 is 32.6 Å². The van der Waals surface area contributed by atoms with Crippen LogP contribution in [-0.2, 0) is 63.6 Å². The third-order valence-electron chi connectivity index (χ3n) is 7.09. The summed E-state index contributed by atoms with van der Waals surface area (Å²) in [6, 6.07) is 33.6. The fourth-order valence-electron chi connectivity index (χ4n) is 4.80. The van der Waals surface area contributed by atoms with Gasteiger partial charge in [-0.15, -0.1) is 0 Å². The molecule has 0 amide bonds. The Labute approximate surface area is 268 Å². The van der Waals surface area contributed by atoms with Crippen molar-refractivity contribution in [1.29, 1.82) is 0 Å². The molecule has 0 fully saturated rings. The van der Waals surface area contributed by atoms with Gasteiger partial charge in [-0.1, -0.05) is 120 Å². The zero-order valence-corrected chi connectivity index (χ0v) is 26.6. The van der Waals surface area contributed by atoms with Crippen molar-refractivity contribution >= 4 is 13.8 Å². The first-order valence-electron chi connectivity index (χ1n) is 14.9. The molecule has 0 saturated carbocycles. The molecule has 1 heterocycles. The number of rotatable bonds is 16. The van der Waals surface area contributed by atoms with Gasteiger partial charge in [-0.05, 0) is 36.1 Å². The summed E-state index contributed by atoms with van der Waals surface area (Å²) in [6.07, 6.45) is -2.68. The Bertz CT molecular complexity index is 1630. The van der Waals surface area contributed by atoms with Crippen molar-refractivity contribution < 1.29 is 42.2 Å². The highest BCUT2D eigenvalue weighted by Gasteiger charge is 2.46. The molecule has 4 aromatic rings. The highest BCUT2D eigenvalue weighted by Crippen LogP contribution is 2.53. The summed E-state index contributed by atoms with van der Waals surface area (Å²) in [5, 5.41) is 10.5. The molecular formula is C36H37O9P. The zero-order chi connectivity index (χ0) is 32.4. The minimum Gasteiger partial charge on any atom is -0.485 e. The van der Waals surface area contributed by atoms with Crippen molar-refractivity contribution in [3.63, 3.8) is 0 Å². The molecule has 0 bridgehead atoms. The van der Waals surface area contributed by atoms with Crippen LogP contribution in [0.2, 0.25) is 0 Å². The molecule has 0 unspecified atom stereocenters. The summed E-state index contributed by atoms with van der Waals surface area (Å²) in [6.45, 7) is 3.18. The predicted molar refractivity (Wildman–Crippen MR) is 171 cm³/mol. The van der Waals surface area contributed by atoms with E-state index in [0.29, 0.717) is 0 Å². The molecule has 5 rings (SSSR count). The van der Waals surface area contributed by atoms with Gasteiger partial charge in [0.25, 0.3) is 0 Å². The smallest absolute Gasteiger partial charge is 0.475 e. The van der Waals surface area contributed by atoms with Crippen LogP contribution in [0.1, 0.15) is 33.4 Å². The summed E-state index contributed by atoms with van der Waals surface area (Å²) in [7, 11) is -4.36. The third-order valence-corrected chi connectivity index (χ3v) is 8.51. The Morgan fingerprint density at radius 2 is 1.20 bits per heavy atom. The number of phosphoric ester groups is 1. The SMILES string of the molecule is Cc1cccc(COC2=C(OCc3cccc(C)c3)[C@@H]([C@H](CO)OP(=O)(OCc3ccccc3)OCc3ccccc3)OC2=O)c1. The first-order chi connectivity index (χ1) is 22.3. The molecule has 0 saturated heterocycles. The molecule has 0 aromatic heterocycles. The van der Waals surface area contributed by atoms with Crippen molar-refractivity contribution in [2.45, 2.75) is 52.5 Å². The van der Waals surface area contributed by atoms with Gasteiger partial charge in [-0.25, -0.2) is 9.36 Å². The molecular weight excluding hydrogens is 607 g/mol. The van der Waals surface area contributed by atoms with E-state index in [-0.39, 0.29) is 37.9 Å². The number of ether oxygens (including phenoxy) is 3. The third kappa shape index (κ3) is 9.16. The topological polar surface area (TPSA) is 110 Å². The van der Waals surface area contributed by atoms with E-state index in [1.54, 1.807) is 0 Å². The van der Waals surface area contributed by atoms with Crippen LogP contribution in [0.25, 0.3) is 0 Å². The second-order valence-electron chi connectivity index (χ2n) is 10.9. The zero-order valence-electron chi connectivity index (χ0n) is 25.7. The summed E-state index contributed by atoms with van der Waals surface area (Å²) in [4.78, 5) is 13.2. The minimum absolute atomic E-state index is 0.0101. The number of benzene rings is 4. The number of phosphoric acid groups is 1. The monoisotopic (exact) mass is 644 g/mol. The van der Waals surface area contributed by atoms with Gasteiger partial charge in [0.05, 0.1) is 19.8 Å². The van der Waals surface area contributed by atoms with E-state index in [9.17, 15) is 14.5 Å². The highest BCUT2D eigenvalue weighted by atomic mass is 31.2. The molecule has 240 valence electrons. The number of aliphatic hydroxyl groups is 1. The number of aryl methyl sites for hydroxylation is 2. The van der Waals surface area contributed by atoms with Crippen molar-refractivity contribution in [3.8, 4) is 0 Å². The lowest BCUT2D eigenvalue weighted by molar-refractivity contribution is -0.148. The first-order valence-corrected chi connectivity index (χ1v) is 16.4. The van der Waals surface area contributed by atoms with Gasteiger partial charge < -0.3 is 19.3 Å². The molecule has 10 heteroatoms. The van der Waals surface area contributed by atoms with Crippen LogP contribution < -0.4 is 0 Å². The lowest BCUT2D eigenvalue weighted by Gasteiger charge is -2.27. The summed E-state index contributed by atoms with van der Waals surface area (Å²) >= 11 is 0. The number of esters is 1. The molecule has 9 nitrogen and oxygen atoms in total. The Hall–Kier alpha value is -4.24. The van der Waals surface area contributed by atoms with Crippen LogP contribution >= 0.6 is 7.82 Å². The molecule has 46 heavy (non-hydrogen) atoms. The molecule has 0 spiro atoms. The standard InChI is InChI=1S/C36H37O9P/c1-26-11-9-17-30(19-26)22-40-34-33(44-36(38)35(34)41-23-31-18-10-12-27(2)20-31)32(21-37)45-46(39,42-24-28-13-5-3-6-14-28)43-25-29-15-7-4-8-16-29/h3-20,32-33,37H,21-25H2,1-2H3/t32-,33+/m0/s1. The van der Waals surface area contributed by atoms with Gasteiger partial charge in [-0.2, -0.15) is 0 Å². The molecule has 0 aliphatic carbocycles. The van der Waals surface area contributed by atoms with Gasteiger partial charge in [0.15, 0.2) is 11.9 Å². The number of hydrogen-bond acceptors (Lipinski definition) is 9. The van der Waals surface area contributed by atoms with E-state index in [4.69, 9.17) is 27.8 Å².